The third-order valence-electron chi connectivity index (χ3n) is 2.35. The van der Waals surface area contributed by atoms with E-state index in [0.717, 1.165) is 4.47 Å². The van der Waals surface area contributed by atoms with Crippen molar-refractivity contribution in [1.82, 2.24) is 0 Å². The molecule has 2 aromatic carbocycles. The van der Waals surface area contributed by atoms with E-state index >= 15 is 0 Å². The van der Waals surface area contributed by atoms with Crippen molar-refractivity contribution in [2.45, 2.75) is 6.92 Å². The molecule has 18 heavy (non-hydrogen) atoms. The zero-order chi connectivity index (χ0) is 13.1. The summed E-state index contributed by atoms with van der Waals surface area (Å²) in [5.41, 5.74) is -0.0301. The Labute approximate surface area is 113 Å². The predicted octanol–water partition coefficient (Wildman–Crippen LogP) is 4.58. The number of halogens is 2. The highest BCUT2D eigenvalue weighted by atomic mass is 79.9. The first-order valence-electron chi connectivity index (χ1n) is 5.31. The second kappa shape index (κ2) is 5.31. The van der Waals surface area contributed by atoms with Gasteiger partial charge in [-0.3, -0.25) is 4.79 Å². The molecule has 0 aromatic heterocycles. The first kappa shape index (κ1) is 12.8. The summed E-state index contributed by atoms with van der Waals surface area (Å²) in [7, 11) is 0. The molecule has 0 aliphatic rings. The van der Waals surface area contributed by atoms with Gasteiger partial charge in [-0.2, -0.15) is 0 Å². The highest BCUT2D eigenvalue weighted by Crippen LogP contribution is 2.28. The Morgan fingerprint density at radius 1 is 1.22 bits per heavy atom. The maximum Gasteiger partial charge on any atom is 0.166 e. The Kier molecular flexibility index (Phi) is 3.77. The van der Waals surface area contributed by atoms with E-state index in [1.807, 2.05) is 6.07 Å². The molecule has 2 aromatic rings. The third-order valence-corrected chi connectivity index (χ3v) is 2.84. The molecule has 0 unspecified atom stereocenters. The first-order valence-corrected chi connectivity index (χ1v) is 6.10. The van der Waals surface area contributed by atoms with Crippen LogP contribution >= 0.6 is 15.9 Å². The summed E-state index contributed by atoms with van der Waals surface area (Å²) in [5, 5.41) is 0. The second-order valence-corrected chi connectivity index (χ2v) is 4.64. The predicted molar refractivity (Wildman–Crippen MR) is 70.6 cm³/mol. The van der Waals surface area contributed by atoms with Crippen LogP contribution in [0.3, 0.4) is 0 Å². The lowest BCUT2D eigenvalue weighted by molar-refractivity contribution is 0.101. The van der Waals surface area contributed by atoms with E-state index in [2.05, 4.69) is 15.9 Å². The Morgan fingerprint density at radius 3 is 2.61 bits per heavy atom. The lowest BCUT2D eigenvalue weighted by Crippen LogP contribution is -2.00. The molecule has 4 heteroatoms. The van der Waals surface area contributed by atoms with Gasteiger partial charge in [-0.05, 0) is 37.3 Å². The number of ketones is 1. The van der Waals surface area contributed by atoms with Crippen molar-refractivity contribution in [3.63, 3.8) is 0 Å². The number of hydrogen-bond acceptors (Lipinski definition) is 2. The van der Waals surface area contributed by atoms with Gasteiger partial charge in [0.05, 0.1) is 5.56 Å². The normalized spacial score (nSPS) is 10.2. The molecule has 2 nitrogen and oxygen atoms in total. The number of hydrogen-bond donors (Lipinski definition) is 0. The Balaban J connectivity index is 2.40. The summed E-state index contributed by atoms with van der Waals surface area (Å²) in [5.74, 6) is -0.175. The van der Waals surface area contributed by atoms with Crippen LogP contribution in [0.15, 0.2) is 46.9 Å². The molecule has 0 saturated heterocycles. The topological polar surface area (TPSA) is 26.3 Å². The molecular weight excluding hydrogens is 299 g/mol. The average molecular weight is 309 g/mol. The van der Waals surface area contributed by atoms with Crippen LogP contribution < -0.4 is 4.74 Å². The molecule has 0 spiro atoms. The monoisotopic (exact) mass is 308 g/mol. The van der Waals surface area contributed by atoms with Gasteiger partial charge in [-0.1, -0.05) is 28.1 Å². The first-order chi connectivity index (χ1) is 8.58. The summed E-state index contributed by atoms with van der Waals surface area (Å²) >= 11 is 3.32. The van der Waals surface area contributed by atoms with Crippen LogP contribution in [-0.2, 0) is 0 Å². The van der Waals surface area contributed by atoms with Gasteiger partial charge in [0.2, 0.25) is 0 Å². The zero-order valence-corrected chi connectivity index (χ0v) is 11.2. The van der Waals surface area contributed by atoms with Gasteiger partial charge in [-0.15, -0.1) is 0 Å². The molecule has 0 radical (unpaired) electrons. The van der Waals surface area contributed by atoms with E-state index in [1.165, 1.54) is 19.1 Å². The van der Waals surface area contributed by atoms with Gasteiger partial charge in [0, 0.05) is 4.47 Å². The largest absolute Gasteiger partial charge is 0.456 e. The Morgan fingerprint density at radius 2 is 1.94 bits per heavy atom. The average Bonchev–Trinajstić information content (AvgIpc) is 2.28. The van der Waals surface area contributed by atoms with Crippen molar-refractivity contribution < 1.29 is 13.9 Å². The number of ether oxygens (including phenoxy) is 1. The fourth-order valence-electron chi connectivity index (χ4n) is 1.59. The van der Waals surface area contributed by atoms with Crippen LogP contribution in [0.25, 0.3) is 0 Å². The molecular formula is C14H10BrFO2. The van der Waals surface area contributed by atoms with E-state index in [0.29, 0.717) is 5.75 Å². The molecule has 0 bridgehead atoms. The van der Waals surface area contributed by atoms with Crippen molar-refractivity contribution in [3.05, 3.63) is 58.3 Å². The van der Waals surface area contributed by atoms with Gasteiger partial charge in [0.15, 0.2) is 5.78 Å². The maximum absolute atomic E-state index is 13.6. The van der Waals surface area contributed by atoms with E-state index in [4.69, 9.17) is 4.74 Å². The second-order valence-electron chi connectivity index (χ2n) is 3.73. The minimum atomic E-state index is -0.574. The SMILES string of the molecule is CC(=O)c1c(F)cccc1Oc1cccc(Br)c1. The summed E-state index contributed by atoms with van der Waals surface area (Å²) in [6.07, 6.45) is 0. The molecule has 0 aliphatic carbocycles. The smallest absolute Gasteiger partial charge is 0.166 e. The van der Waals surface area contributed by atoms with Crippen LogP contribution in [-0.4, -0.2) is 5.78 Å². The summed E-state index contributed by atoms with van der Waals surface area (Å²) in [6, 6.07) is 11.4. The van der Waals surface area contributed by atoms with Crippen LogP contribution in [0.5, 0.6) is 11.5 Å². The minimum absolute atomic E-state index is 0.0301. The summed E-state index contributed by atoms with van der Waals surface area (Å²) in [6.45, 7) is 1.31. The molecule has 0 aliphatic heterocycles. The van der Waals surface area contributed by atoms with E-state index in [1.54, 1.807) is 24.3 Å². The lowest BCUT2D eigenvalue weighted by Gasteiger charge is -2.10. The Bertz CT molecular complexity index is 596. The van der Waals surface area contributed by atoms with Gasteiger partial charge >= 0.3 is 0 Å². The molecule has 0 amide bonds. The molecule has 0 fully saturated rings. The fraction of sp³-hybridized carbons (Fsp3) is 0.0714. The van der Waals surface area contributed by atoms with Crippen molar-refractivity contribution in [1.29, 1.82) is 0 Å². The standard InChI is InChI=1S/C14H10BrFO2/c1-9(17)14-12(16)6-3-7-13(14)18-11-5-2-4-10(15)8-11/h2-8H,1H3. The van der Waals surface area contributed by atoms with E-state index in [-0.39, 0.29) is 17.1 Å². The number of carbonyl (C=O) groups excluding carboxylic acids is 1. The van der Waals surface area contributed by atoms with E-state index in [9.17, 15) is 9.18 Å². The van der Waals surface area contributed by atoms with Gasteiger partial charge < -0.3 is 4.74 Å². The quantitative estimate of drug-likeness (QED) is 0.776. The van der Waals surface area contributed by atoms with Crippen molar-refractivity contribution in [2.24, 2.45) is 0 Å². The summed E-state index contributed by atoms with van der Waals surface area (Å²) < 4.78 is 20.0. The van der Waals surface area contributed by atoms with Crippen molar-refractivity contribution >= 4 is 21.7 Å². The van der Waals surface area contributed by atoms with Crippen LogP contribution in [0, 0.1) is 5.82 Å². The number of rotatable bonds is 3. The lowest BCUT2D eigenvalue weighted by atomic mass is 10.1. The van der Waals surface area contributed by atoms with Crippen molar-refractivity contribution in [3.8, 4) is 11.5 Å². The zero-order valence-electron chi connectivity index (χ0n) is 9.61. The maximum atomic E-state index is 13.6. The number of carbonyl (C=O) groups is 1. The minimum Gasteiger partial charge on any atom is -0.456 e. The number of benzene rings is 2. The highest BCUT2D eigenvalue weighted by molar-refractivity contribution is 9.10. The third kappa shape index (κ3) is 2.76. The molecule has 0 N–H and O–H groups in total. The van der Waals surface area contributed by atoms with Crippen LogP contribution in [0.1, 0.15) is 17.3 Å². The highest BCUT2D eigenvalue weighted by Gasteiger charge is 2.14. The van der Waals surface area contributed by atoms with Gasteiger partial charge in [-0.25, -0.2) is 4.39 Å². The molecule has 2 rings (SSSR count). The Hall–Kier alpha value is -1.68. The number of Topliss-reactive ketones (excluding diaryl/α,β-unsaturated/α-hetero) is 1. The van der Waals surface area contributed by atoms with Gasteiger partial charge in [0.25, 0.3) is 0 Å². The molecule has 0 saturated carbocycles. The van der Waals surface area contributed by atoms with E-state index < -0.39 is 5.82 Å². The summed E-state index contributed by atoms with van der Waals surface area (Å²) in [4.78, 5) is 11.4. The molecule has 0 atom stereocenters. The molecule has 92 valence electrons. The molecule has 0 heterocycles. The van der Waals surface area contributed by atoms with Crippen LogP contribution in [0.2, 0.25) is 0 Å². The van der Waals surface area contributed by atoms with Crippen molar-refractivity contribution in [2.75, 3.05) is 0 Å². The van der Waals surface area contributed by atoms with Gasteiger partial charge in [0.1, 0.15) is 17.3 Å². The fourth-order valence-corrected chi connectivity index (χ4v) is 1.97. The van der Waals surface area contributed by atoms with Crippen LogP contribution in [0.4, 0.5) is 4.39 Å².